The quantitative estimate of drug-likeness (QED) is 0.480. The normalized spacial score (nSPS) is 16.7. The van der Waals surface area contributed by atoms with Gasteiger partial charge in [0.25, 0.3) is 0 Å². The highest BCUT2D eigenvalue weighted by atomic mass is 79.9. The van der Waals surface area contributed by atoms with E-state index in [1.807, 2.05) is 29.2 Å². The number of carbonyl (C=O) groups excluding carboxylic acids is 1. The van der Waals surface area contributed by atoms with Crippen LogP contribution < -0.4 is 4.90 Å². The molecule has 0 saturated carbocycles. The molecule has 3 nitrogen and oxygen atoms in total. The molecule has 0 aromatic heterocycles. The zero-order valence-electron chi connectivity index (χ0n) is 15.2. The van der Waals surface area contributed by atoms with E-state index in [0.29, 0.717) is 21.5 Å². The van der Waals surface area contributed by atoms with Crippen LogP contribution in [0.25, 0.3) is 0 Å². The molecule has 144 valence electrons. The molecular formula is C21H23BrCl2N2O. The minimum atomic E-state index is 0. The van der Waals surface area contributed by atoms with Crippen molar-refractivity contribution in [1.82, 2.24) is 0 Å². The van der Waals surface area contributed by atoms with Crippen molar-refractivity contribution in [1.29, 1.82) is 0 Å². The van der Waals surface area contributed by atoms with Gasteiger partial charge in [-0.15, -0.1) is 17.0 Å². The van der Waals surface area contributed by atoms with Gasteiger partial charge < -0.3 is 4.90 Å². The highest BCUT2D eigenvalue weighted by Gasteiger charge is 2.21. The van der Waals surface area contributed by atoms with E-state index >= 15 is 0 Å². The highest BCUT2D eigenvalue weighted by molar-refractivity contribution is 8.93. The van der Waals surface area contributed by atoms with Gasteiger partial charge in [0.2, 0.25) is 0 Å². The molecule has 2 aromatic carbocycles. The van der Waals surface area contributed by atoms with Gasteiger partial charge in [-0.25, -0.2) is 0 Å². The summed E-state index contributed by atoms with van der Waals surface area (Å²) in [6.07, 6.45) is 3.04. The molecule has 0 spiro atoms. The van der Waals surface area contributed by atoms with Crippen LogP contribution in [0, 0.1) is 5.92 Å². The molecule has 1 aliphatic heterocycles. The molecule has 0 N–H and O–H groups in total. The van der Waals surface area contributed by atoms with Crippen LogP contribution in [-0.4, -0.2) is 24.7 Å². The third-order valence-electron chi connectivity index (χ3n) is 4.69. The number of halogens is 3. The number of anilines is 1. The molecule has 0 saturated heterocycles. The number of benzene rings is 2. The minimum absolute atomic E-state index is 0. The second kappa shape index (κ2) is 10.3. The Morgan fingerprint density at radius 2 is 1.63 bits per heavy atom. The van der Waals surface area contributed by atoms with Gasteiger partial charge >= 0.3 is 0 Å². The fraction of sp³-hybridized carbons (Fsp3) is 0.333. The van der Waals surface area contributed by atoms with Crippen molar-refractivity contribution in [2.24, 2.45) is 10.9 Å². The van der Waals surface area contributed by atoms with Crippen molar-refractivity contribution in [2.75, 3.05) is 18.0 Å². The number of Topliss-reactive ketones (excluding diaryl/α,β-unsaturated/α-hetero) is 1. The maximum absolute atomic E-state index is 12.8. The predicted molar refractivity (Wildman–Crippen MR) is 120 cm³/mol. The number of aliphatic imine (C=N–C) groups is 1. The Balaban J connectivity index is 0.00000261. The lowest BCUT2D eigenvalue weighted by atomic mass is 10.0. The summed E-state index contributed by atoms with van der Waals surface area (Å²) in [5.74, 6) is 1.66. The van der Waals surface area contributed by atoms with E-state index in [-0.39, 0.29) is 29.3 Å². The fourth-order valence-corrected chi connectivity index (χ4v) is 3.31. The Morgan fingerprint density at radius 3 is 2.26 bits per heavy atom. The van der Waals surface area contributed by atoms with E-state index in [4.69, 9.17) is 28.2 Å². The molecular weight excluding hydrogens is 447 g/mol. The molecule has 0 bridgehead atoms. The van der Waals surface area contributed by atoms with E-state index in [1.165, 1.54) is 0 Å². The molecule has 27 heavy (non-hydrogen) atoms. The van der Waals surface area contributed by atoms with Gasteiger partial charge in [0, 0.05) is 34.3 Å². The number of carbonyl (C=O) groups is 1. The van der Waals surface area contributed by atoms with Gasteiger partial charge in [0.1, 0.15) is 5.84 Å². The summed E-state index contributed by atoms with van der Waals surface area (Å²) in [6.45, 7) is 3.30. The van der Waals surface area contributed by atoms with Gasteiger partial charge in [-0.1, -0.05) is 30.1 Å². The molecule has 0 radical (unpaired) electrons. The summed E-state index contributed by atoms with van der Waals surface area (Å²) in [6, 6.07) is 14.6. The van der Waals surface area contributed by atoms with Gasteiger partial charge in [0.15, 0.2) is 5.78 Å². The monoisotopic (exact) mass is 468 g/mol. The first-order valence-electron chi connectivity index (χ1n) is 8.88. The molecule has 1 unspecified atom stereocenters. The van der Waals surface area contributed by atoms with Crippen molar-refractivity contribution >= 4 is 57.5 Å². The third kappa shape index (κ3) is 6.06. The van der Waals surface area contributed by atoms with Crippen LogP contribution in [0.4, 0.5) is 5.69 Å². The lowest BCUT2D eigenvalue weighted by Gasteiger charge is -2.26. The summed E-state index contributed by atoms with van der Waals surface area (Å²) < 4.78 is 0. The summed E-state index contributed by atoms with van der Waals surface area (Å²) in [5, 5.41) is 1.30. The van der Waals surface area contributed by atoms with E-state index in [9.17, 15) is 4.79 Å². The van der Waals surface area contributed by atoms with Gasteiger partial charge in [-0.3, -0.25) is 9.79 Å². The number of ketones is 1. The van der Waals surface area contributed by atoms with Crippen LogP contribution in [-0.2, 0) is 0 Å². The zero-order valence-corrected chi connectivity index (χ0v) is 18.4. The smallest absolute Gasteiger partial charge is 0.182 e. The van der Waals surface area contributed by atoms with Crippen LogP contribution in [0.1, 0.15) is 36.5 Å². The van der Waals surface area contributed by atoms with Crippen molar-refractivity contribution < 1.29 is 4.79 Å². The molecule has 0 fully saturated rings. The molecule has 6 heteroatoms. The minimum Gasteiger partial charge on any atom is -0.322 e. The molecule has 0 aliphatic carbocycles. The summed E-state index contributed by atoms with van der Waals surface area (Å²) in [5.41, 5.74) is 1.58. The Bertz CT molecular complexity index is 791. The van der Waals surface area contributed by atoms with E-state index in [2.05, 4.69) is 6.92 Å². The summed E-state index contributed by atoms with van der Waals surface area (Å²) >= 11 is 12.0. The Labute approximate surface area is 181 Å². The summed E-state index contributed by atoms with van der Waals surface area (Å²) in [7, 11) is 0. The average molecular weight is 470 g/mol. The van der Waals surface area contributed by atoms with Gasteiger partial charge in [0.05, 0.1) is 6.54 Å². The largest absolute Gasteiger partial charge is 0.322 e. The maximum Gasteiger partial charge on any atom is 0.182 e. The topological polar surface area (TPSA) is 32.7 Å². The van der Waals surface area contributed by atoms with Crippen LogP contribution in [0.2, 0.25) is 10.0 Å². The Hall–Kier alpha value is -1.36. The summed E-state index contributed by atoms with van der Waals surface area (Å²) in [4.78, 5) is 19.6. The maximum atomic E-state index is 12.8. The first-order chi connectivity index (χ1) is 12.5. The molecule has 1 atom stereocenters. The number of rotatable bonds is 4. The molecule has 1 aliphatic rings. The average Bonchev–Trinajstić information content (AvgIpc) is 2.85. The number of amidine groups is 1. The Morgan fingerprint density at radius 1 is 1.04 bits per heavy atom. The van der Waals surface area contributed by atoms with Crippen LogP contribution in [0.5, 0.6) is 0 Å². The molecule has 0 amide bonds. The van der Waals surface area contributed by atoms with Crippen LogP contribution in [0.15, 0.2) is 53.5 Å². The molecule has 2 aromatic rings. The van der Waals surface area contributed by atoms with E-state index in [1.54, 1.807) is 24.3 Å². The first kappa shape index (κ1) is 21.9. The highest BCUT2D eigenvalue weighted by Crippen LogP contribution is 2.24. The van der Waals surface area contributed by atoms with Crippen molar-refractivity contribution in [2.45, 2.75) is 26.2 Å². The van der Waals surface area contributed by atoms with Crippen LogP contribution >= 0.6 is 40.2 Å². The fourth-order valence-electron chi connectivity index (χ4n) is 3.06. The number of nitrogens with zero attached hydrogens (tertiary/aromatic N) is 2. The van der Waals surface area contributed by atoms with E-state index in [0.717, 1.165) is 37.3 Å². The van der Waals surface area contributed by atoms with Crippen molar-refractivity contribution in [3.8, 4) is 0 Å². The lowest BCUT2D eigenvalue weighted by molar-refractivity contribution is 0.100. The molecule has 1 heterocycles. The Kier molecular flexibility index (Phi) is 8.33. The second-order valence-corrected chi connectivity index (χ2v) is 7.60. The third-order valence-corrected chi connectivity index (χ3v) is 5.20. The standard InChI is InChI=1S/C21H22Cl2N2O.BrH/c1-15-2-11-21(24-13-12-15)25(19-9-7-18(23)8-10-19)14-20(26)16-3-5-17(22)6-4-16;/h3-10,15H,2,11-14H2,1H3;1H. The van der Waals surface area contributed by atoms with Crippen LogP contribution in [0.3, 0.4) is 0 Å². The van der Waals surface area contributed by atoms with Gasteiger partial charge in [-0.2, -0.15) is 0 Å². The van der Waals surface area contributed by atoms with Crippen molar-refractivity contribution in [3.63, 3.8) is 0 Å². The zero-order chi connectivity index (χ0) is 18.5. The first-order valence-corrected chi connectivity index (χ1v) is 9.63. The van der Waals surface area contributed by atoms with Crippen molar-refractivity contribution in [3.05, 3.63) is 64.1 Å². The van der Waals surface area contributed by atoms with E-state index < -0.39 is 0 Å². The lowest BCUT2D eigenvalue weighted by Crippen LogP contribution is -2.36. The van der Waals surface area contributed by atoms with Gasteiger partial charge in [-0.05, 0) is 67.3 Å². The number of hydrogen-bond donors (Lipinski definition) is 0. The second-order valence-electron chi connectivity index (χ2n) is 6.72. The number of hydrogen-bond acceptors (Lipinski definition) is 3. The predicted octanol–water partition coefficient (Wildman–Crippen LogP) is 6.48. The molecule has 3 rings (SSSR count). The SMILES string of the molecule is Br.CC1CCN=C(N(CC(=O)c2ccc(Cl)cc2)c2ccc(Cl)cc2)CC1.